The Bertz CT molecular complexity index is 243. The summed E-state index contributed by atoms with van der Waals surface area (Å²) in [7, 11) is 0. The molecule has 0 amide bonds. The first-order valence-corrected chi connectivity index (χ1v) is 5.39. The van der Waals surface area contributed by atoms with Crippen LogP contribution in [0.25, 0.3) is 0 Å². The summed E-state index contributed by atoms with van der Waals surface area (Å²) in [5, 5.41) is 0. The Morgan fingerprint density at radius 1 is 1.08 bits per heavy atom. The summed E-state index contributed by atoms with van der Waals surface area (Å²) in [5.41, 5.74) is 1.53. The SMILES string of the molecule is [Li][c]1ccccc1CCCCCC. The first kappa shape index (κ1) is 10.9. The first-order chi connectivity index (χ1) is 6.34. The summed E-state index contributed by atoms with van der Waals surface area (Å²) in [6, 6.07) is 8.71. The van der Waals surface area contributed by atoms with Crippen molar-refractivity contribution in [3.63, 3.8) is 0 Å². The molecule has 0 fully saturated rings. The molecule has 0 N–H and O–H groups in total. The molecule has 0 unspecified atom stereocenters. The van der Waals surface area contributed by atoms with Crippen LogP contribution in [0.1, 0.15) is 38.2 Å². The van der Waals surface area contributed by atoms with Gasteiger partial charge < -0.3 is 0 Å². The van der Waals surface area contributed by atoms with Gasteiger partial charge in [0.2, 0.25) is 0 Å². The van der Waals surface area contributed by atoms with E-state index in [2.05, 4.69) is 48.9 Å². The summed E-state index contributed by atoms with van der Waals surface area (Å²) in [5.74, 6) is 0. The van der Waals surface area contributed by atoms with Crippen LogP contribution in [0.2, 0.25) is 0 Å². The molecule has 1 rings (SSSR count). The monoisotopic (exact) mass is 168 g/mol. The molecule has 0 heterocycles. The normalized spacial score (nSPS) is 10.4. The van der Waals surface area contributed by atoms with Gasteiger partial charge in [-0.25, -0.2) is 0 Å². The van der Waals surface area contributed by atoms with Crippen LogP contribution in [0.4, 0.5) is 0 Å². The fraction of sp³-hybridized carbons (Fsp3) is 0.500. The minimum absolute atomic E-state index is 1.26. The van der Waals surface area contributed by atoms with E-state index in [-0.39, 0.29) is 0 Å². The molecule has 1 aromatic rings. The Morgan fingerprint density at radius 2 is 1.85 bits per heavy atom. The second kappa shape index (κ2) is 6.30. The van der Waals surface area contributed by atoms with E-state index in [1.807, 2.05) is 0 Å². The maximum atomic E-state index is 2.26. The summed E-state index contributed by atoms with van der Waals surface area (Å²) in [6.07, 6.45) is 6.69. The van der Waals surface area contributed by atoms with Crippen LogP contribution < -0.4 is 4.24 Å². The van der Waals surface area contributed by atoms with Gasteiger partial charge in [-0.2, -0.15) is 0 Å². The van der Waals surface area contributed by atoms with E-state index in [1.165, 1.54) is 41.9 Å². The van der Waals surface area contributed by atoms with Gasteiger partial charge >= 0.3 is 90.8 Å². The van der Waals surface area contributed by atoms with Gasteiger partial charge in [-0.15, -0.1) is 0 Å². The molecule has 0 radical (unpaired) electrons. The van der Waals surface area contributed by atoms with Gasteiger partial charge in [0.15, 0.2) is 0 Å². The van der Waals surface area contributed by atoms with Crippen molar-refractivity contribution in [1.29, 1.82) is 0 Å². The molecule has 0 bridgehead atoms. The van der Waals surface area contributed by atoms with Crippen LogP contribution in [-0.4, -0.2) is 17.7 Å². The summed E-state index contributed by atoms with van der Waals surface area (Å²) >= 11 is 2.20. The molecule has 1 aromatic carbocycles. The maximum absolute atomic E-state index is 2.26. The van der Waals surface area contributed by atoms with Crippen LogP contribution in [0, 0.1) is 0 Å². The predicted molar refractivity (Wildman–Crippen MR) is 59.7 cm³/mol. The number of aryl methyl sites for hydroxylation is 1. The van der Waals surface area contributed by atoms with E-state index in [1.54, 1.807) is 0 Å². The minimum atomic E-state index is 1.26. The summed E-state index contributed by atoms with van der Waals surface area (Å²) in [4.78, 5) is 0. The first-order valence-electron chi connectivity index (χ1n) is 5.39. The van der Waals surface area contributed by atoms with Crippen molar-refractivity contribution in [3.05, 3.63) is 29.8 Å². The molecule has 0 aliphatic rings. The van der Waals surface area contributed by atoms with Crippen molar-refractivity contribution >= 4 is 22.0 Å². The number of hydrogen-bond donors (Lipinski definition) is 0. The Kier molecular flexibility index (Phi) is 5.28. The molecule has 0 aromatic heterocycles. The van der Waals surface area contributed by atoms with Crippen LogP contribution in [0.5, 0.6) is 0 Å². The number of rotatable bonds is 5. The second-order valence-corrected chi connectivity index (χ2v) is 3.74. The molecule has 1 heteroatoms. The van der Waals surface area contributed by atoms with E-state index < -0.39 is 0 Å². The Hall–Kier alpha value is -0.183. The van der Waals surface area contributed by atoms with Crippen molar-refractivity contribution < 1.29 is 0 Å². The Balaban J connectivity index is 2.32. The van der Waals surface area contributed by atoms with Crippen LogP contribution in [0.15, 0.2) is 24.3 Å². The molecular weight excluding hydrogens is 151 g/mol. The molecule has 0 saturated carbocycles. The van der Waals surface area contributed by atoms with Crippen molar-refractivity contribution in [3.8, 4) is 0 Å². The van der Waals surface area contributed by atoms with Gasteiger partial charge in [-0.1, -0.05) is 0 Å². The third-order valence-electron chi connectivity index (χ3n) is 2.56. The standard InChI is InChI=1S/C12H17.Li/c1-2-3-4-6-9-12-10-7-5-8-11-12;/h5,7-8,10H,2-4,6,9H2,1H3;. The number of benzene rings is 1. The quantitative estimate of drug-likeness (QED) is 0.468. The third-order valence-corrected chi connectivity index (χ3v) is 2.56. The van der Waals surface area contributed by atoms with Crippen LogP contribution in [-0.2, 0) is 6.42 Å². The average Bonchev–Trinajstić information content (AvgIpc) is 2.15. The molecular formula is C12H17Li. The zero-order valence-corrected chi connectivity index (χ0v) is 8.84. The van der Waals surface area contributed by atoms with Gasteiger partial charge in [-0.3, -0.25) is 0 Å². The summed E-state index contributed by atoms with van der Waals surface area (Å²) in [6.45, 7) is 2.26. The zero-order chi connectivity index (χ0) is 9.52. The summed E-state index contributed by atoms with van der Waals surface area (Å²) < 4.78 is 1.44. The molecule has 0 aliphatic heterocycles. The zero-order valence-electron chi connectivity index (χ0n) is 8.84. The van der Waals surface area contributed by atoms with Crippen molar-refractivity contribution in [2.24, 2.45) is 0 Å². The van der Waals surface area contributed by atoms with Gasteiger partial charge in [-0.05, 0) is 0 Å². The average molecular weight is 168 g/mol. The number of hydrogen-bond acceptors (Lipinski definition) is 0. The van der Waals surface area contributed by atoms with Gasteiger partial charge in [0, 0.05) is 0 Å². The van der Waals surface area contributed by atoms with E-state index >= 15 is 0 Å². The molecule has 0 atom stereocenters. The van der Waals surface area contributed by atoms with Crippen molar-refractivity contribution in [2.75, 3.05) is 0 Å². The fourth-order valence-electron chi connectivity index (χ4n) is 1.63. The molecule has 66 valence electrons. The van der Waals surface area contributed by atoms with E-state index in [4.69, 9.17) is 0 Å². The van der Waals surface area contributed by atoms with Gasteiger partial charge in [0.05, 0.1) is 0 Å². The van der Waals surface area contributed by atoms with Crippen LogP contribution in [0.3, 0.4) is 0 Å². The molecule has 13 heavy (non-hydrogen) atoms. The molecule has 0 aliphatic carbocycles. The van der Waals surface area contributed by atoms with E-state index in [0.717, 1.165) is 0 Å². The number of unbranched alkanes of at least 4 members (excludes halogenated alkanes) is 3. The van der Waals surface area contributed by atoms with Gasteiger partial charge in [0.1, 0.15) is 0 Å². The predicted octanol–water partition coefficient (Wildman–Crippen LogP) is 2.60. The van der Waals surface area contributed by atoms with Crippen molar-refractivity contribution in [2.45, 2.75) is 39.0 Å². The molecule has 0 spiro atoms. The van der Waals surface area contributed by atoms with E-state index in [0.29, 0.717) is 0 Å². The Morgan fingerprint density at radius 3 is 2.54 bits per heavy atom. The fourth-order valence-corrected chi connectivity index (χ4v) is 1.63. The second-order valence-electron chi connectivity index (χ2n) is 3.74. The topological polar surface area (TPSA) is 0 Å². The van der Waals surface area contributed by atoms with E-state index in [9.17, 15) is 0 Å². The third kappa shape index (κ3) is 4.03. The Labute approximate surface area is 90.9 Å². The van der Waals surface area contributed by atoms with Crippen LogP contribution >= 0.6 is 0 Å². The van der Waals surface area contributed by atoms with Gasteiger partial charge in [0.25, 0.3) is 0 Å². The molecule has 0 nitrogen and oxygen atoms in total. The van der Waals surface area contributed by atoms with Crippen molar-refractivity contribution in [1.82, 2.24) is 0 Å². The molecule has 0 saturated heterocycles.